The Kier molecular flexibility index (Phi) is 4.41. The van der Waals surface area contributed by atoms with Crippen LogP contribution in [0.25, 0.3) is 0 Å². The van der Waals surface area contributed by atoms with Gasteiger partial charge < -0.3 is 15.8 Å². The van der Waals surface area contributed by atoms with E-state index < -0.39 is 18.3 Å². The first-order valence-electron chi connectivity index (χ1n) is 5.23. The predicted molar refractivity (Wildman–Crippen MR) is 60.0 cm³/mol. The highest BCUT2D eigenvalue weighted by atomic mass is 19.4. The van der Waals surface area contributed by atoms with Crippen LogP contribution >= 0.6 is 0 Å². The summed E-state index contributed by atoms with van der Waals surface area (Å²) >= 11 is 0. The number of halogens is 3. The van der Waals surface area contributed by atoms with Gasteiger partial charge in [0.15, 0.2) is 0 Å². The molecule has 0 aliphatic rings. The van der Waals surface area contributed by atoms with Crippen LogP contribution in [0.2, 0.25) is 0 Å². The number of benzene rings is 1. The normalized spacial score (nSPS) is 12.9. The van der Waals surface area contributed by atoms with Gasteiger partial charge in [0.2, 0.25) is 5.91 Å². The van der Waals surface area contributed by atoms with E-state index in [0.717, 1.165) is 6.07 Å². The van der Waals surface area contributed by atoms with Crippen LogP contribution in [-0.4, -0.2) is 18.3 Å². The molecule has 1 aromatic carbocycles. The molecule has 7 heteroatoms. The third-order valence-electron chi connectivity index (χ3n) is 2.16. The maximum absolute atomic E-state index is 12.0. The molecule has 0 saturated carbocycles. The van der Waals surface area contributed by atoms with Crippen molar-refractivity contribution in [2.75, 3.05) is 5.32 Å². The third-order valence-corrected chi connectivity index (χ3v) is 2.16. The molecule has 100 valence electrons. The Balaban J connectivity index is 2.79. The molecule has 0 aliphatic carbocycles. The smallest absolute Gasteiger partial charge is 0.406 e. The largest absolute Gasteiger partial charge is 0.573 e. The van der Waals surface area contributed by atoms with Crippen molar-refractivity contribution in [3.05, 3.63) is 24.3 Å². The van der Waals surface area contributed by atoms with E-state index in [1.54, 1.807) is 6.92 Å². The summed E-state index contributed by atoms with van der Waals surface area (Å²) in [5, 5.41) is 2.73. The number of ether oxygens (including phenoxy) is 1. The Morgan fingerprint density at radius 2 is 2.17 bits per heavy atom. The van der Waals surface area contributed by atoms with E-state index in [1.165, 1.54) is 18.2 Å². The van der Waals surface area contributed by atoms with Gasteiger partial charge in [0.1, 0.15) is 11.8 Å². The lowest BCUT2D eigenvalue weighted by atomic mass is 10.2. The molecule has 0 aliphatic heterocycles. The van der Waals surface area contributed by atoms with Gasteiger partial charge in [-0.2, -0.15) is 0 Å². The fourth-order valence-electron chi connectivity index (χ4n) is 1.36. The number of anilines is 1. The molecule has 1 aromatic rings. The maximum Gasteiger partial charge on any atom is 0.573 e. The van der Waals surface area contributed by atoms with Crippen LogP contribution in [0, 0.1) is 0 Å². The minimum absolute atomic E-state index is 0.336. The monoisotopic (exact) mass is 262 g/mol. The van der Waals surface area contributed by atoms with Crippen LogP contribution in [0.5, 0.6) is 5.75 Å². The molecule has 1 atom stereocenters. The van der Waals surface area contributed by atoms with Crippen LogP contribution in [0.1, 0.15) is 13.3 Å². The van der Waals surface area contributed by atoms with Gasteiger partial charge in [-0.3, -0.25) is 4.79 Å². The number of hydrogen-bond acceptors (Lipinski definition) is 3. The van der Waals surface area contributed by atoms with Gasteiger partial charge in [-0.25, -0.2) is 0 Å². The van der Waals surface area contributed by atoms with Gasteiger partial charge in [0, 0.05) is 11.8 Å². The first-order chi connectivity index (χ1) is 8.31. The number of nitrogens with two attached hydrogens (primary N) is 1. The molecule has 1 amide bonds. The summed E-state index contributed by atoms with van der Waals surface area (Å²) in [4.78, 5) is 11.0. The summed E-state index contributed by atoms with van der Waals surface area (Å²) < 4.78 is 39.8. The molecule has 0 saturated heterocycles. The lowest BCUT2D eigenvalue weighted by Gasteiger charge is -2.16. The van der Waals surface area contributed by atoms with Crippen LogP contribution in [0.4, 0.5) is 18.9 Å². The number of rotatable bonds is 5. The van der Waals surface area contributed by atoms with Gasteiger partial charge in [-0.15, -0.1) is 13.2 Å². The molecule has 0 radical (unpaired) electrons. The minimum Gasteiger partial charge on any atom is -0.406 e. The summed E-state index contributed by atoms with van der Waals surface area (Å²) in [6.07, 6.45) is -4.31. The van der Waals surface area contributed by atoms with Crippen molar-refractivity contribution in [1.82, 2.24) is 0 Å². The quantitative estimate of drug-likeness (QED) is 0.855. The minimum atomic E-state index is -4.74. The molecule has 0 spiro atoms. The third kappa shape index (κ3) is 4.52. The fraction of sp³-hybridized carbons (Fsp3) is 0.364. The topological polar surface area (TPSA) is 64.3 Å². The Bertz CT molecular complexity index is 421. The zero-order valence-electron chi connectivity index (χ0n) is 9.62. The first kappa shape index (κ1) is 14.1. The highest BCUT2D eigenvalue weighted by Crippen LogP contribution is 2.25. The second-order valence-electron chi connectivity index (χ2n) is 3.58. The highest BCUT2D eigenvalue weighted by Gasteiger charge is 2.31. The van der Waals surface area contributed by atoms with E-state index in [1.807, 2.05) is 0 Å². The van der Waals surface area contributed by atoms with Crippen molar-refractivity contribution >= 4 is 11.6 Å². The van der Waals surface area contributed by atoms with Crippen molar-refractivity contribution in [2.24, 2.45) is 5.73 Å². The molecule has 4 nitrogen and oxygen atoms in total. The van der Waals surface area contributed by atoms with E-state index in [-0.39, 0.29) is 5.75 Å². The molecule has 0 fully saturated rings. The van der Waals surface area contributed by atoms with Crippen molar-refractivity contribution < 1.29 is 22.7 Å². The molecular formula is C11H13F3N2O2. The maximum atomic E-state index is 12.0. The summed E-state index contributed by atoms with van der Waals surface area (Å²) in [5.41, 5.74) is 5.46. The molecule has 3 N–H and O–H groups in total. The van der Waals surface area contributed by atoms with Gasteiger partial charge in [0.05, 0.1) is 0 Å². The second kappa shape index (κ2) is 5.61. The van der Waals surface area contributed by atoms with Crippen molar-refractivity contribution in [1.29, 1.82) is 0 Å². The summed E-state index contributed by atoms with van der Waals surface area (Å²) in [7, 11) is 0. The molecule has 0 aromatic heterocycles. The summed E-state index contributed by atoms with van der Waals surface area (Å²) in [5.74, 6) is -0.925. The van der Waals surface area contributed by atoms with E-state index >= 15 is 0 Å². The number of nitrogens with one attached hydrogen (secondary N) is 1. The molecule has 0 heterocycles. The number of carbonyl (C=O) groups is 1. The average Bonchev–Trinajstić information content (AvgIpc) is 2.23. The standard InChI is InChI=1S/C11H13F3N2O2/c1-2-9(10(15)17)16-7-4-3-5-8(6-7)18-11(12,13)14/h3-6,9,16H,2H2,1H3,(H2,15,17). The van der Waals surface area contributed by atoms with Gasteiger partial charge >= 0.3 is 6.36 Å². The summed E-state index contributed by atoms with van der Waals surface area (Å²) in [6, 6.07) is 4.60. The molecular weight excluding hydrogens is 249 g/mol. The highest BCUT2D eigenvalue weighted by molar-refractivity contribution is 5.82. The van der Waals surface area contributed by atoms with Crippen molar-refractivity contribution in [3.8, 4) is 5.75 Å². The van der Waals surface area contributed by atoms with Crippen LogP contribution in [0.15, 0.2) is 24.3 Å². The molecule has 0 bridgehead atoms. The number of primary amides is 1. The second-order valence-corrected chi connectivity index (χ2v) is 3.58. The number of carbonyl (C=O) groups excluding carboxylic acids is 1. The van der Waals surface area contributed by atoms with Gasteiger partial charge in [0.25, 0.3) is 0 Å². The van der Waals surface area contributed by atoms with E-state index in [9.17, 15) is 18.0 Å². The van der Waals surface area contributed by atoms with Gasteiger partial charge in [-0.05, 0) is 18.6 Å². The van der Waals surface area contributed by atoms with Crippen LogP contribution < -0.4 is 15.8 Å². The molecule has 1 unspecified atom stereocenters. The average molecular weight is 262 g/mol. The SMILES string of the molecule is CCC(Nc1cccc(OC(F)(F)F)c1)C(N)=O. The Labute approximate surface area is 102 Å². The van der Waals surface area contributed by atoms with E-state index in [0.29, 0.717) is 12.1 Å². The number of alkyl halides is 3. The first-order valence-corrected chi connectivity index (χ1v) is 5.23. The van der Waals surface area contributed by atoms with Gasteiger partial charge in [-0.1, -0.05) is 13.0 Å². The Morgan fingerprint density at radius 1 is 1.50 bits per heavy atom. The fourth-order valence-corrected chi connectivity index (χ4v) is 1.36. The Hall–Kier alpha value is -1.92. The van der Waals surface area contributed by atoms with Crippen LogP contribution in [0.3, 0.4) is 0 Å². The zero-order valence-corrected chi connectivity index (χ0v) is 9.62. The van der Waals surface area contributed by atoms with Crippen LogP contribution in [-0.2, 0) is 4.79 Å². The molecule has 1 rings (SSSR count). The van der Waals surface area contributed by atoms with E-state index in [2.05, 4.69) is 10.1 Å². The number of amides is 1. The zero-order chi connectivity index (χ0) is 13.8. The number of hydrogen-bond donors (Lipinski definition) is 2. The lowest BCUT2D eigenvalue weighted by Crippen LogP contribution is -2.34. The lowest BCUT2D eigenvalue weighted by molar-refractivity contribution is -0.274. The summed E-state index contributed by atoms with van der Waals surface area (Å²) in [6.45, 7) is 1.73. The predicted octanol–water partition coefficient (Wildman–Crippen LogP) is 2.26. The van der Waals surface area contributed by atoms with Crippen molar-refractivity contribution in [2.45, 2.75) is 25.7 Å². The molecule has 18 heavy (non-hydrogen) atoms. The van der Waals surface area contributed by atoms with E-state index in [4.69, 9.17) is 5.73 Å². The Morgan fingerprint density at radius 3 is 2.67 bits per heavy atom. The van der Waals surface area contributed by atoms with Crippen molar-refractivity contribution in [3.63, 3.8) is 0 Å².